The molecule has 0 saturated heterocycles. The summed E-state index contributed by atoms with van der Waals surface area (Å²) in [5, 5.41) is 20.5. The van der Waals surface area contributed by atoms with E-state index in [-0.39, 0.29) is 6.61 Å². The van der Waals surface area contributed by atoms with Gasteiger partial charge >= 0.3 is 0 Å². The van der Waals surface area contributed by atoms with E-state index >= 15 is 0 Å². The topological polar surface area (TPSA) is 84.7 Å². The molecule has 0 amide bonds. The first-order valence-corrected chi connectivity index (χ1v) is 5.08. The van der Waals surface area contributed by atoms with Crippen molar-refractivity contribution < 1.29 is 5.11 Å². The van der Waals surface area contributed by atoms with Gasteiger partial charge in [-0.1, -0.05) is 0 Å². The quantitative estimate of drug-likeness (QED) is 0.671. The Morgan fingerprint density at radius 2 is 2.38 bits per heavy atom. The molecule has 0 bridgehead atoms. The van der Waals surface area contributed by atoms with Gasteiger partial charge in [-0.05, 0) is 24.6 Å². The van der Waals surface area contributed by atoms with Crippen molar-refractivity contribution in [1.29, 1.82) is 5.26 Å². The molecule has 82 valence electrons. The average Bonchev–Trinajstić information content (AvgIpc) is 2.70. The fourth-order valence-electron chi connectivity index (χ4n) is 1.45. The Hall–Kier alpha value is -2.06. The van der Waals surface area contributed by atoms with Crippen LogP contribution in [0.2, 0.25) is 0 Å². The van der Waals surface area contributed by atoms with Gasteiger partial charge in [0.05, 0.1) is 22.7 Å². The van der Waals surface area contributed by atoms with Crippen molar-refractivity contribution in [2.45, 2.75) is 6.42 Å². The number of hydrogen-bond acceptors (Lipinski definition) is 4. The number of benzene rings is 1. The monoisotopic (exact) mass is 216 g/mol. The molecule has 0 fully saturated rings. The maximum Gasteiger partial charge on any atom is 0.201 e. The third kappa shape index (κ3) is 2.12. The van der Waals surface area contributed by atoms with Crippen LogP contribution in [0, 0.1) is 11.3 Å². The van der Waals surface area contributed by atoms with Crippen molar-refractivity contribution in [2.75, 3.05) is 18.5 Å². The summed E-state index contributed by atoms with van der Waals surface area (Å²) in [6.45, 7) is 0.827. The zero-order chi connectivity index (χ0) is 11.4. The summed E-state index contributed by atoms with van der Waals surface area (Å²) in [6, 6.07) is 7.39. The summed E-state index contributed by atoms with van der Waals surface area (Å²) < 4.78 is 0. The van der Waals surface area contributed by atoms with Gasteiger partial charge in [0.25, 0.3) is 0 Å². The van der Waals surface area contributed by atoms with Crippen molar-refractivity contribution in [3.63, 3.8) is 0 Å². The van der Waals surface area contributed by atoms with Crippen LogP contribution in [0.25, 0.3) is 11.0 Å². The van der Waals surface area contributed by atoms with Gasteiger partial charge in [-0.25, -0.2) is 4.98 Å². The molecule has 0 aliphatic rings. The molecule has 2 aromatic rings. The lowest BCUT2D eigenvalue weighted by atomic mass is 10.2. The van der Waals surface area contributed by atoms with E-state index in [4.69, 9.17) is 10.4 Å². The highest BCUT2D eigenvalue weighted by molar-refractivity contribution is 5.78. The second-order valence-corrected chi connectivity index (χ2v) is 3.43. The fraction of sp³-hybridized carbons (Fsp3) is 0.273. The van der Waals surface area contributed by atoms with Gasteiger partial charge in [0.2, 0.25) is 5.95 Å². The summed E-state index contributed by atoms with van der Waals surface area (Å²) in [5.41, 5.74) is 2.27. The van der Waals surface area contributed by atoms with Gasteiger partial charge in [0.15, 0.2) is 0 Å². The van der Waals surface area contributed by atoms with Crippen LogP contribution in [0.5, 0.6) is 0 Å². The Kier molecular flexibility index (Phi) is 3.03. The summed E-state index contributed by atoms with van der Waals surface area (Å²) in [5.74, 6) is 0.665. The number of aliphatic hydroxyl groups excluding tert-OH is 1. The molecule has 3 N–H and O–H groups in total. The van der Waals surface area contributed by atoms with Crippen molar-refractivity contribution in [2.24, 2.45) is 0 Å². The number of nitriles is 1. The van der Waals surface area contributed by atoms with Gasteiger partial charge < -0.3 is 15.4 Å². The molecule has 1 aromatic carbocycles. The van der Waals surface area contributed by atoms with Crippen LogP contribution in [0.4, 0.5) is 5.95 Å². The van der Waals surface area contributed by atoms with Crippen LogP contribution in [-0.4, -0.2) is 28.2 Å². The molecule has 0 unspecified atom stereocenters. The van der Waals surface area contributed by atoms with E-state index in [0.717, 1.165) is 11.0 Å². The van der Waals surface area contributed by atoms with Crippen LogP contribution in [-0.2, 0) is 0 Å². The smallest absolute Gasteiger partial charge is 0.201 e. The fourth-order valence-corrected chi connectivity index (χ4v) is 1.45. The predicted octanol–water partition coefficient (Wildman–Crippen LogP) is 1.23. The van der Waals surface area contributed by atoms with E-state index in [1.165, 1.54) is 0 Å². The zero-order valence-electron chi connectivity index (χ0n) is 8.70. The molecule has 0 atom stereocenters. The average molecular weight is 216 g/mol. The largest absolute Gasteiger partial charge is 0.396 e. The summed E-state index contributed by atoms with van der Waals surface area (Å²) in [7, 11) is 0. The van der Waals surface area contributed by atoms with Gasteiger partial charge in [0, 0.05) is 13.2 Å². The molecule has 16 heavy (non-hydrogen) atoms. The highest BCUT2D eigenvalue weighted by atomic mass is 16.3. The molecule has 0 spiro atoms. The molecule has 1 heterocycles. The Morgan fingerprint density at radius 3 is 3.12 bits per heavy atom. The number of nitrogens with one attached hydrogen (secondary N) is 2. The van der Waals surface area contributed by atoms with E-state index in [0.29, 0.717) is 24.5 Å². The lowest BCUT2D eigenvalue weighted by Gasteiger charge is -1.98. The maximum atomic E-state index is 8.75. The molecular weight excluding hydrogens is 204 g/mol. The van der Waals surface area contributed by atoms with E-state index in [1.54, 1.807) is 12.1 Å². The number of imidazole rings is 1. The number of fused-ring (bicyclic) bond motifs is 1. The second-order valence-electron chi connectivity index (χ2n) is 3.43. The summed E-state index contributed by atoms with van der Waals surface area (Å²) >= 11 is 0. The van der Waals surface area contributed by atoms with Gasteiger partial charge in [-0.15, -0.1) is 0 Å². The van der Waals surface area contributed by atoms with Crippen LogP contribution in [0.1, 0.15) is 12.0 Å². The third-order valence-electron chi connectivity index (χ3n) is 2.24. The lowest BCUT2D eigenvalue weighted by Crippen LogP contribution is -2.04. The number of aliphatic hydroxyl groups is 1. The first kappa shape index (κ1) is 10.5. The Bertz CT molecular complexity index is 526. The number of hydrogen-bond donors (Lipinski definition) is 3. The Labute approximate surface area is 92.7 Å². The molecule has 0 saturated carbocycles. The SMILES string of the molecule is N#Cc1ccc2nc(NCCCO)[nH]c2c1. The van der Waals surface area contributed by atoms with E-state index in [9.17, 15) is 0 Å². The van der Waals surface area contributed by atoms with Crippen LogP contribution >= 0.6 is 0 Å². The first-order valence-electron chi connectivity index (χ1n) is 5.08. The maximum absolute atomic E-state index is 8.75. The molecule has 0 aliphatic heterocycles. The standard InChI is InChI=1S/C11H12N4O/c12-7-8-2-3-9-10(6-8)15-11(14-9)13-4-1-5-16/h2-3,6,16H,1,4-5H2,(H2,13,14,15). The number of rotatable bonds is 4. The van der Waals surface area contributed by atoms with Crippen LogP contribution in [0.3, 0.4) is 0 Å². The molecule has 5 heteroatoms. The van der Waals surface area contributed by atoms with Crippen LogP contribution in [0.15, 0.2) is 18.2 Å². The van der Waals surface area contributed by atoms with Crippen molar-refractivity contribution in [3.05, 3.63) is 23.8 Å². The third-order valence-corrected chi connectivity index (χ3v) is 2.24. The second kappa shape index (κ2) is 4.64. The first-order chi connectivity index (χ1) is 7.83. The van der Waals surface area contributed by atoms with Crippen molar-refractivity contribution in [3.8, 4) is 6.07 Å². The zero-order valence-corrected chi connectivity index (χ0v) is 8.70. The van der Waals surface area contributed by atoms with Gasteiger partial charge in [-0.3, -0.25) is 0 Å². The number of H-pyrrole nitrogens is 1. The molecule has 2 rings (SSSR count). The van der Waals surface area contributed by atoms with Crippen LogP contribution < -0.4 is 5.32 Å². The summed E-state index contributed by atoms with van der Waals surface area (Å²) in [6.07, 6.45) is 0.681. The van der Waals surface area contributed by atoms with Crippen molar-refractivity contribution in [1.82, 2.24) is 9.97 Å². The Morgan fingerprint density at radius 1 is 1.50 bits per heavy atom. The van der Waals surface area contributed by atoms with E-state index in [1.807, 2.05) is 6.07 Å². The molecule has 0 aliphatic carbocycles. The van der Waals surface area contributed by atoms with Gasteiger partial charge in [0.1, 0.15) is 0 Å². The van der Waals surface area contributed by atoms with Crippen molar-refractivity contribution >= 4 is 17.0 Å². The lowest BCUT2D eigenvalue weighted by molar-refractivity contribution is 0.292. The van der Waals surface area contributed by atoms with E-state index < -0.39 is 0 Å². The number of aromatic nitrogens is 2. The highest BCUT2D eigenvalue weighted by Gasteiger charge is 2.02. The predicted molar refractivity (Wildman–Crippen MR) is 61.0 cm³/mol. The van der Waals surface area contributed by atoms with E-state index in [2.05, 4.69) is 21.4 Å². The number of anilines is 1. The molecule has 1 aromatic heterocycles. The molecule has 0 radical (unpaired) electrons. The minimum Gasteiger partial charge on any atom is -0.396 e. The minimum atomic E-state index is 0.159. The molecular formula is C11H12N4O. The number of nitrogens with zero attached hydrogens (tertiary/aromatic N) is 2. The molecule has 5 nitrogen and oxygen atoms in total. The Balaban J connectivity index is 2.20. The highest BCUT2D eigenvalue weighted by Crippen LogP contribution is 2.15. The number of aromatic amines is 1. The minimum absolute atomic E-state index is 0.159. The van der Waals surface area contributed by atoms with Gasteiger partial charge in [-0.2, -0.15) is 5.26 Å². The normalized spacial score (nSPS) is 10.2. The summed E-state index contributed by atoms with van der Waals surface area (Å²) in [4.78, 5) is 7.38.